The maximum Gasteiger partial charge on any atom is 0.216 e. The minimum absolute atomic E-state index is 0. The number of aryl methyl sites for hydroxylation is 3. The fourth-order valence-electron chi connectivity index (χ4n) is 5.27. The van der Waals surface area contributed by atoms with Gasteiger partial charge in [-0.25, -0.2) is 4.98 Å². The molecule has 0 amide bonds. The van der Waals surface area contributed by atoms with E-state index in [2.05, 4.69) is 87.5 Å². The molecule has 0 aliphatic heterocycles. The molecule has 221 valence electrons. The van der Waals surface area contributed by atoms with Crippen molar-refractivity contribution in [3.63, 3.8) is 0 Å². The van der Waals surface area contributed by atoms with Crippen LogP contribution in [-0.2, 0) is 20.1 Å². The zero-order chi connectivity index (χ0) is 30.0. The van der Waals surface area contributed by atoms with Gasteiger partial charge >= 0.3 is 0 Å². The second-order valence-corrected chi connectivity index (χ2v) is 10.8. The van der Waals surface area contributed by atoms with Crippen LogP contribution in [0.4, 0.5) is 0 Å². The molecule has 0 saturated heterocycles. The molecule has 1 radical (unpaired) electrons. The number of furan rings is 1. The number of benzene rings is 3. The molecule has 0 saturated carbocycles. The van der Waals surface area contributed by atoms with Gasteiger partial charge in [0.25, 0.3) is 0 Å². The Bertz CT molecular complexity index is 2210. The molecule has 0 N–H and O–H groups in total. The summed E-state index contributed by atoms with van der Waals surface area (Å²) in [5.41, 5.74) is 11.5. The average molecular weight is 761 g/mol. The zero-order valence-corrected chi connectivity index (χ0v) is 27.4. The maximum absolute atomic E-state index is 6.14. The van der Waals surface area contributed by atoms with Crippen LogP contribution in [0.3, 0.4) is 0 Å². The number of hydrogen-bond acceptors (Lipinski definition) is 5. The summed E-state index contributed by atoms with van der Waals surface area (Å²) in [5.74, 6) is 0. The van der Waals surface area contributed by atoms with Crippen LogP contribution >= 0.6 is 0 Å². The number of para-hydroxylation sites is 1. The smallest absolute Gasteiger partial charge is 0.216 e. The Morgan fingerprint density at radius 2 is 1.56 bits per heavy atom. The summed E-state index contributed by atoms with van der Waals surface area (Å²) in [6, 6.07) is 39.0. The largest absolute Gasteiger partial charge is 0.486 e. The van der Waals surface area contributed by atoms with Gasteiger partial charge in [-0.2, -0.15) is 0 Å². The Balaban J connectivity index is 0.000000201. The predicted octanol–water partition coefficient (Wildman–Crippen LogP) is 9.53. The molecule has 0 aliphatic carbocycles. The third-order valence-corrected chi connectivity index (χ3v) is 7.55. The van der Waals surface area contributed by atoms with Crippen LogP contribution in [0, 0.1) is 32.9 Å². The zero-order valence-electron chi connectivity index (χ0n) is 25.0. The van der Waals surface area contributed by atoms with Gasteiger partial charge in [-0.1, -0.05) is 60.3 Å². The van der Waals surface area contributed by atoms with Crippen LogP contribution in [0.15, 0.2) is 120 Å². The van der Waals surface area contributed by atoms with Crippen LogP contribution in [0.2, 0.25) is 0 Å². The molecule has 0 spiro atoms. The van der Waals surface area contributed by atoms with Gasteiger partial charge in [0, 0.05) is 60.7 Å². The van der Waals surface area contributed by atoms with Crippen molar-refractivity contribution in [3.05, 3.63) is 145 Å². The normalized spacial score (nSPS) is 10.8. The van der Waals surface area contributed by atoms with Gasteiger partial charge in [-0.15, -0.1) is 53.6 Å². The van der Waals surface area contributed by atoms with Crippen LogP contribution in [0.25, 0.3) is 66.6 Å². The number of nitrogens with zero attached hydrogens (tertiary/aromatic N) is 4. The molecule has 8 aromatic rings. The number of rotatable bonds is 3. The molecular weight excluding hydrogens is 733 g/mol. The van der Waals surface area contributed by atoms with Crippen molar-refractivity contribution >= 4 is 33.0 Å². The first-order valence-electron chi connectivity index (χ1n) is 14.5. The molecule has 3 aromatic carbocycles. The molecule has 5 nitrogen and oxygen atoms in total. The van der Waals surface area contributed by atoms with Crippen molar-refractivity contribution in [1.82, 2.24) is 19.9 Å². The number of hydrogen-bond donors (Lipinski definition) is 0. The monoisotopic (exact) mass is 761 g/mol. The van der Waals surface area contributed by atoms with Crippen molar-refractivity contribution in [3.8, 4) is 33.6 Å². The summed E-state index contributed by atoms with van der Waals surface area (Å²) < 4.78 is 6.14. The Labute approximate surface area is 275 Å². The van der Waals surface area contributed by atoms with E-state index in [1.54, 1.807) is 0 Å². The van der Waals surface area contributed by atoms with E-state index < -0.39 is 0 Å². The first-order valence-corrected chi connectivity index (χ1v) is 14.5. The molecule has 0 unspecified atom stereocenters. The topological polar surface area (TPSA) is 64.7 Å². The summed E-state index contributed by atoms with van der Waals surface area (Å²) in [4.78, 5) is 18.1. The first-order chi connectivity index (χ1) is 21.5. The van der Waals surface area contributed by atoms with Crippen LogP contribution in [-0.4, -0.2) is 19.9 Å². The van der Waals surface area contributed by atoms with E-state index in [1.165, 1.54) is 11.1 Å². The standard InChI is InChI=1S/C26H16N3O.C13H12N.Ir/c1-16-10-11-21-20-8-3-9-22(25(20)30-26(21)29-16)23-15-18(12-14-27-23)19-7-2-5-17-6-4-13-28-24(17)19;1-10-3-6-12(7-4-10)13-8-5-11(2)9-14-13;/h2-8,10-15H,1H3;3-6,8-9H,1-2H3;/q2*-1;. The molecule has 0 atom stereocenters. The van der Waals surface area contributed by atoms with Gasteiger partial charge in [-0.05, 0) is 60.6 Å². The van der Waals surface area contributed by atoms with Crippen molar-refractivity contribution in [1.29, 1.82) is 0 Å². The van der Waals surface area contributed by atoms with Crippen molar-refractivity contribution in [2.45, 2.75) is 20.8 Å². The summed E-state index contributed by atoms with van der Waals surface area (Å²) >= 11 is 0. The van der Waals surface area contributed by atoms with E-state index in [0.717, 1.165) is 66.6 Å². The van der Waals surface area contributed by atoms with Gasteiger partial charge in [0.1, 0.15) is 0 Å². The fraction of sp³-hybridized carbons (Fsp3) is 0.0769. The molecule has 0 fully saturated rings. The number of fused-ring (bicyclic) bond motifs is 4. The van der Waals surface area contributed by atoms with E-state index in [0.29, 0.717) is 5.71 Å². The van der Waals surface area contributed by atoms with Crippen molar-refractivity contribution in [2.24, 2.45) is 0 Å². The minimum Gasteiger partial charge on any atom is -0.486 e. The second-order valence-electron chi connectivity index (χ2n) is 10.8. The molecule has 5 heterocycles. The van der Waals surface area contributed by atoms with E-state index >= 15 is 0 Å². The van der Waals surface area contributed by atoms with Gasteiger partial charge in [0.15, 0.2) is 0 Å². The van der Waals surface area contributed by atoms with Crippen LogP contribution in [0.5, 0.6) is 0 Å². The van der Waals surface area contributed by atoms with Crippen LogP contribution < -0.4 is 0 Å². The summed E-state index contributed by atoms with van der Waals surface area (Å²) in [6.45, 7) is 6.06. The SMILES string of the molecule is Cc1c[c-]c(-c2ccc(C)cn2)cc1.Cc1ccc2c(n1)oc1c(-c3cc(-c4cccc5cccnc45)ccn3)[c-]ccc12.[Ir]. The second kappa shape index (κ2) is 12.9. The molecular formula is C39H28IrN4O-2. The molecule has 45 heavy (non-hydrogen) atoms. The van der Waals surface area contributed by atoms with E-state index in [-0.39, 0.29) is 20.1 Å². The molecule has 6 heteroatoms. The Hall–Kier alpha value is -5.03. The third kappa shape index (κ3) is 6.16. The van der Waals surface area contributed by atoms with Crippen LogP contribution in [0.1, 0.15) is 16.8 Å². The minimum atomic E-state index is 0. The van der Waals surface area contributed by atoms with E-state index in [9.17, 15) is 0 Å². The van der Waals surface area contributed by atoms with Gasteiger partial charge in [0.2, 0.25) is 5.71 Å². The predicted molar refractivity (Wildman–Crippen MR) is 177 cm³/mol. The summed E-state index contributed by atoms with van der Waals surface area (Å²) in [5, 5.41) is 3.13. The fourth-order valence-corrected chi connectivity index (χ4v) is 5.27. The molecule has 5 aromatic heterocycles. The van der Waals surface area contributed by atoms with Crippen molar-refractivity contribution < 1.29 is 24.5 Å². The van der Waals surface area contributed by atoms with Gasteiger partial charge < -0.3 is 14.4 Å². The molecule has 8 rings (SSSR count). The Morgan fingerprint density at radius 3 is 2.38 bits per heavy atom. The van der Waals surface area contributed by atoms with Crippen molar-refractivity contribution in [2.75, 3.05) is 0 Å². The van der Waals surface area contributed by atoms with E-state index in [1.807, 2.05) is 81.0 Å². The summed E-state index contributed by atoms with van der Waals surface area (Å²) in [7, 11) is 0. The van der Waals surface area contributed by atoms with E-state index in [4.69, 9.17) is 4.42 Å². The maximum atomic E-state index is 6.14. The quantitative estimate of drug-likeness (QED) is 0.168. The Morgan fingerprint density at radius 1 is 0.689 bits per heavy atom. The Kier molecular flexibility index (Phi) is 8.61. The molecule has 0 aliphatic rings. The number of aromatic nitrogens is 4. The number of pyridine rings is 4. The first kappa shape index (κ1) is 30.0. The molecule has 0 bridgehead atoms. The average Bonchev–Trinajstić information content (AvgIpc) is 3.43. The van der Waals surface area contributed by atoms with Gasteiger partial charge in [-0.3, -0.25) is 4.98 Å². The summed E-state index contributed by atoms with van der Waals surface area (Å²) in [6.07, 6.45) is 5.53. The third-order valence-electron chi connectivity index (χ3n) is 7.55. The van der Waals surface area contributed by atoms with Gasteiger partial charge in [0.05, 0.1) is 11.1 Å².